The summed E-state index contributed by atoms with van der Waals surface area (Å²) in [5, 5.41) is 16.3. The number of aliphatic hydroxyl groups is 1. The van der Waals surface area contributed by atoms with E-state index in [0.29, 0.717) is 5.56 Å². The van der Waals surface area contributed by atoms with Gasteiger partial charge in [-0.1, -0.05) is 0 Å². The van der Waals surface area contributed by atoms with Crippen molar-refractivity contribution in [2.75, 3.05) is 13.8 Å². The number of nitrogens with zero attached hydrogens (tertiary/aromatic N) is 1. The van der Waals surface area contributed by atoms with Crippen LogP contribution in [0.15, 0.2) is 24.3 Å². The Kier molecular flexibility index (Phi) is 2.97. The summed E-state index contributed by atoms with van der Waals surface area (Å²) in [6, 6.07) is 5.58. The summed E-state index contributed by atoms with van der Waals surface area (Å²) < 4.78 is 12.5. The Morgan fingerprint density at radius 3 is 2.46 bits per heavy atom. The van der Waals surface area contributed by atoms with Gasteiger partial charge in [0.25, 0.3) is 0 Å². The van der Waals surface area contributed by atoms with Crippen LogP contribution in [-0.2, 0) is 0 Å². The van der Waals surface area contributed by atoms with Crippen molar-refractivity contribution in [3.63, 3.8) is 0 Å². The third-order valence-corrected chi connectivity index (χ3v) is 1.71. The molecular formula is C9H11FN2O. The zero-order valence-corrected chi connectivity index (χ0v) is 7.29. The maximum Gasteiger partial charge on any atom is 0.129 e. The predicted molar refractivity (Wildman–Crippen MR) is 48.1 cm³/mol. The van der Waals surface area contributed by atoms with E-state index in [4.69, 9.17) is 10.5 Å². The number of nitrogens with one attached hydrogen (secondary N) is 1. The molecule has 3 nitrogen and oxygen atoms in total. The maximum atomic E-state index is 12.5. The first kappa shape index (κ1) is 9.67. The smallest absolute Gasteiger partial charge is 0.129 e. The normalized spacial score (nSPS) is 9.77. The van der Waals surface area contributed by atoms with Crippen molar-refractivity contribution in [1.82, 2.24) is 4.90 Å². The van der Waals surface area contributed by atoms with Gasteiger partial charge in [-0.05, 0) is 24.3 Å². The van der Waals surface area contributed by atoms with Crippen LogP contribution in [0, 0.1) is 11.2 Å². The first-order valence-electron chi connectivity index (χ1n) is 3.81. The van der Waals surface area contributed by atoms with Gasteiger partial charge in [-0.15, -0.1) is 0 Å². The molecule has 0 aliphatic rings. The lowest BCUT2D eigenvalue weighted by atomic mass is 10.2. The first-order chi connectivity index (χ1) is 6.15. The SMILES string of the molecule is CN(CO)C(=N)c1ccc(F)cc1. The van der Waals surface area contributed by atoms with Gasteiger partial charge >= 0.3 is 0 Å². The minimum atomic E-state index is -0.330. The molecular weight excluding hydrogens is 171 g/mol. The van der Waals surface area contributed by atoms with Crippen LogP contribution >= 0.6 is 0 Å². The van der Waals surface area contributed by atoms with Gasteiger partial charge in [0.1, 0.15) is 18.4 Å². The van der Waals surface area contributed by atoms with Crippen LogP contribution in [0.2, 0.25) is 0 Å². The quantitative estimate of drug-likeness (QED) is 0.407. The van der Waals surface area contributed by atoms with Crippen molar-refractivity contribution in [3.8, 4) is 0 Å². The van der Waals surface area contributed by atoms with Crippen LogP contribution in [0.1, 0.15) is 5.56 Å². The second-order valence-corrected chi connectivity index (χ2v) is 2.69. The summed E-state index contributed by atoms with van der Waals surface area (Å²) in [5.74, 6) is -0.161. The minimum Gasteiger partial charge on any atom is -0.376 e. The molecule has 1 rings (SSSR count). The topological polar surface area (TPSA) is 47.3 Å². The molecule has 0 amide bonds. The highest BCUT2D eigenvalue weighted by Crippen LogP contribution is 2.04. The number of halogens is 1. The summed E-state index contributed by atoms with van der Waals surface area (Å²) in [4.78, 5) is 1.35. The fourth-order valence-corrected chi connectivity index (χ4v) is 0.899. The minimum absolute atomic E-state index is 0.169. The summed E-state index contributed by atoms with van der Waals surface area (Å²) in [6.45, 7) is -0.226. The lowest BCUT2D eigenvalue weighted by molar-refractivity contribution is 0.191. The van der Waals surface area contributed by atoms with Gasteiger partial charge in [-0.25, -0.2) is 4.39 Å². The van der Waals surface area contributed by atoms with E-state index < -0.39 is 0 Å². The molecule has 70 valence electrons. The zero-order valence-electron chi connectivity index (χ0n) is 7.29. The standard InChI is InChI=1S/C9H11FN2O/c1-12(6-13)9(11)7-2-4-8(10)5-3-7/h2-5,11,13H,6H2,1H3. The second-order valence-electron chi connectivity index (χ2n) is 2.69. The van der Waals surface area contributed by atoms with E-state index >= 15 is 0 Å². The molecule has 0 saturated carbocycles. The largest absolute Gasteiger partial charge is 0.376 e. The van der Waals surface area contributed by atoms with Gasteiger partial charge in [0.2, 0.25) is 0 Å². The Morgan fingerprint density at radius 2 is 2.00 bits per heavy atom. The van der Waals surface area contributed by atoms with Gasteiger partial charge in [0, 0.05) is 12.6 Å². The Morgan fingerprint density at radius 1 is 1.46 bits per heavy atom. The molecule has 0 atom stereocenters. The van der Waals surface area contributed by atoms with E-state index in [-0.39, 0.29) is 18.4 Å². The number of hydrogen-bond acceptors (Lipinski definition) is 2. The lowest BCUT2D eigenvalue weighted by Crippen LogP contribution is -2.27. The van der Waals surface area contributed by atoms with E-state index in [0.717, 1.165) is 0 Å². The van der Waals surface area contributed by atoms with Crippen molar-refractivity contribution >= 4 is 5.84 Å². The number of rotatable bonds is 2. The van der Waals surface area contributed by atoms with Gasteiger partial charge in [-0.2, -0.15) is 0 Å². The molecule has 1 aromatic rings. The van der Waals surface area contributed by atoms with Crippen molar-refractivity contribution < 1.29 is 9.50 Å². The molecule has 13 heavy (non-hydrogen) atoms. The first-order valence-corrected chi connectivity index (χ1v) is 3.81. The fourth-order valence-electron chi connectivity index (χ4n) is 0.899. The highest BCUT2D eigenvalue weighted by Gasteiger charge is 2.05. The monoisotopic (exact) mass is 182 g/mol. The molecule has 0 saturated heterocycles. The third kappa shape index (κ3) is 2.26. The molecule has 2 N–H and O–H groups in total. The van der Waals surface area contributed by atoms with Crippen molar-refractivity contribution in [2.45, 2.75) is 0 Å². The van der Waals surface area contributed by atoms with Gasteiger partial charge < -0.3 is 10.0 Å². The van der Waals surface area contributed by atoms with Crippen LogP contribution in [0.25, 0.3) is 0 Å². The van der Waals surface area contributed by atoms with Crippen LogP contribution in [0.5, 0.6) is 0 Å². The zero-order chi connectivity index (χ0) is 9.84. The van der Waals surface area contributed by atoms with Gasteiger partial charge in [-0.3, -0.25) is 5.41 Å². The average Bonchev–Trinajstić information content (AvgIpc) is 2.17. The van der Waals surface area contributed by atoms with Crippen molar-refractivity contribution in [2.24, 2.45) is 0 Å². The molecule has 0 aliphatic heterocycles. The summed E-state index contributed by atoms with van der Waals surface area (Å²) in [6.07, 6.45) is 0. The van der Waals surface area contributed by atoms with Crippen LogP contribution < -0.4 is 0 Å². The molecule has 0 spiro atoms. The summed E-state index contributed by atoms with van der Waals surface area (Å²) >= 11 is 0. The van der Waals surface area contributed by atoms with Gasteiger partial charge in [0.05, 0.1) is 0 Å². The predicted octanol–water partition coefficient (Wildman–Crippen LogP) is 1.03. The maximum absolute atomic E-state index is 12.5. The van der Waals surface area contributed by atoms with E-state index in [2.05, 4.69) is 0 Å². The number of amidine groups is 1. The van der Waals surface area contributed by atoms with Crippen molar-refractivity contribution in [1.29, 1.82) is 5.41 Å². The van der Waals surface area contributed by atoms with E-state index in [1.807, 2.05) is 0 Å². The lowest BCUT2D eigenvalue weighted by Gasteiger charge is -2.16. The molecule has 0 heterocycles. The Labute approximate surface area is 75.9 Å². The van der Waals surface area contributed by atoms with Crippen molar-refractivity contribution in [3.05, 3.63) is 35.6 Å². The van der Waals surface area contributed by atoms with Crippen LogP contribution in [0.4, 0.5) is 4.39 Å². The highest BCUT2D eigenvalue weighted by molar-refractivity contribution is 5.96. The number of benzene rings is 1. The molecule has 0 unspecified atom stereocenters. The average molecular weight is 182 g/mol. The van der Waals surface area contributed by atoms with E-state index in [1.54, 1.807) is 7.05 Å². The second kappa shape index (κ2) is 4.00. The molecule has 0 aliphatic carbocycles. The molecule has 0 bridgehead atoms. The Hall–Kier alpha value is -1.42. The molecule has 0 radical (unpaired) electrons. The number of aliphatic hydroxyl groups excluding tert-OH is 1. The fraction of sp³-hybridized carbons (Fsp3) is 0.222. The third-order valence-electron chi connectivity index (χ3n) is 1.71. The van der Waals surface area contributed by atoms with E-state index in [1.165, 1.54) is 29.2 Å². The Balaban J connectivity index is 2.83. The van der Waals surface area contributed by atoms with Crippen LogP contribution in [-0.4, -0.2) is 29.6 Å². The highest BCUT2D eigenvalue weighted by atomic mass is 19.1. The summed E-state index contributed by atoms with van der Waals surface area (Å²) in [5.41, 5.74) is 0.581. The molecule has 1 aromatic carbocycles. The summed E-state index contributed by atoms with van der Waals surface area (Å²) in [7, 11) is 1.59. The molecule has 4 heteroatoms. The van der Waals surface area contributed by atoms with Crippen LogP contribution in [0.3, 0.4) is 0 Å². The number of hydrogen-bond donors (Lipinski definition) is 2. The molecule has 0 aromatic heterocycles. The van der Waals surface area contributed by atoms with Gasteiger partial charge in [0.15, 0.2) is 0 Å². The van der Waals surface area contributed by atoms with E-state index in [9.17, 15) is 4.39 Å². The Bertz CT molecular complexity index is 297. The molecule has 0 fully saturated rings.